The van der Waals surface area contributed by atoms with Gasteiger partial charge in [-0.05, 0) is 93.3 Å². The van der Waals surface area contributed by atoms with Crippen LogP contribution in [0.4, 0.5) is 23.7 Å². The molecule has 2 unspecified atom stereocenters. The van der Waals surface area contributed by atoms with Gasteiger partial charge in [-0.2, -0.15) is 0 Å². The fourth-order valence-corrected chi connectivity index (χ4v) is 5.19. The minimum atomic E-state index is -1.12. The Hall–Kier alpha value is -3.99. The molecule has 0 saturated heterocycles. The van der Waals surface area contributed by atoms with Gasteiger partial charge in [-0.15, -0.1) is 0 Å². The predicted molar refractivity (Wildman–Crippen MR) is 147 cm³/mol. The van der Waals surface area contributed by atoms with E-state index in [1.54, 1.807) is 33.0 Å². The van der Waals surface area contributed by atoms with Crippen molar-refractivity contribution in [1.82, 2.24) is 15.3 Å². The van der Waals surface area contributed by atoms with Gasteiger partial charge in [-0.1, -0.05) is 6.92 Å². The summed E-state index contributed by atoms with van der Waals surface area (Å²) in [6.07, 6.45) is 4.79. The fraction of sp³-hybridized carbons (Fsp3) is 0.400. The number of aliphatic hydroxyl groups is 1. The summed E-state index contributed by atoms with van der Waals surface area (Å²) in [7, 11) is 0. The van der Waals surface area contributed by atoms with Crippen molar-refractivity contribution in [3.05, 3.63) is 77.0 Å². The quantitative estimate of drug-likeness (QED) is 0.330. The molecule has 1 aliphatic rings. The summed E-state index contributed by atoms with van der Waals surface area (Å²) in [6, 6.07) is 5.44. The molecule has 218 valence electrons. The van der Waals surface area contributed by atoms with E-state index >= 15 is 0 Å². The molecule has 3 aromatic rings. The maximum Gasteiger partial charge on any atom is 0.407 e. The van der Waals surface area contributed by atoms with Gasteiger partial charge >= 0.3 is 6.09 Å². The third-order valence-electron chi connectivity index (χ3n) is 6.81. The maximum atomic E-state index is 14.6. The van der Waals surface area contributed by atoms with Crippen LogP contribution >= 0.6 is 0 Å². The number of carbonyl (C=O) groups is 2. The summed E-state index contributed by atoms with van der Waals surface area (Å²) in [5, 5.41) is 14.9. The molecule has 1 aromatic carbocycles. The van der Waals surface area contributed by atoms with Gasteiger partial charge in [0.05, 0.1) is 24.1 Å². The highest BCUT2D eigenvalue weighted by Gasteiger charge is 2.31. The Kier molecular flexibility index (Phi) is 8.96. The van der Waals surface area contributed by atoms with Crippen LogP contribution in [0.3, 0.4) is 0 Å². The van der Waals surface area contributed by atoms with Gasteiger partial charge < -0.3 is 20.5 Å². The first-order valence-electron chi connectivity index (χ1n) is 13.3. The Morgan fingerprint density at radius 3 is 2.41 bits per heavy atom. The number of amides is 2. The van der Waals surface area contributed by atoms with Crippen LogP contribution in [0, 0.1) is 23.4 Å². The van der Waals surface area contributed by atoms with E-state index in [4.69, 9.17) is 4.74 Å². The van der Waals surface area contributed by atoms with Crippen molar-refractivity contribution in [3.8, 4) is 11.3 Å². The number of hydrogen-bond donors (Lipinski definition) is 3. The van der Waals surface area contributed by atoms with Crippen molar-refractivity contribution in [2.45, 2.75) is 71.1 Å². The molecule has 2 amide bonds. The number of nitrogens with zero attached hydrogens (tertiary/aromatic N) is 2. The van der Waals surface area contributed by atoms with E-state index in [-0.39, 0.29) is 29.1 Å². The molecule has 3 N–H and O–H groups in total. The van der Waals surface area contributed by atoms with Crippen LogP contribution in [0.15, 0.2) is 42.7 Å². The Balaban J connectivity index is 1.56. The molecule has 1 aliphatic carbocycles. The van der Waals surface area contributed by atoms with E-state index < -0.39 is 52.9 Å². The Bertz CT molecular complexity index is 1420. The molecule has 1 fully saturated rings. The number of carbonyl (C=O) groups excluding carboxylic acids is 2. The number of ether oxygens (including phenoxy) is 1. The van der Waals surface area contributed by atoms with Crippen molar-refractivity contribution in [3.63, 3.8) is 0 Å². The van der Waals surface area contributed by atoms with E-state index in [2.05, 4.69) is 27.5 Å². The first-order valence-corrected chi connectivity index (χ1v) is 13.3. The van der Waals surface area contributed by atoms with Crippen LogP contribution in [-0.2, 0) is 11.3 Å². The van der Waals surface area contributed by atoms with Gasteiger partial charge in [0.25, 0.3) is 5.91 Å². The zero-order chi connectivity index (χ0) is 29.9. The summed E-state index contributed by atoms with van der Waals surface area (Å²) in [5.74, 6) is -3.73. The molecule has 0 radical (unpaired) electrons. The third-order valence-corrected chi connectivity index (χ3v) is 6.81. The molecule has 3 atom stereocenters. The average molecular weight is 571 g/mol. The normalized spacial score (nSPS) is 19.0. The zero-order valence-corrected chi connectivity index (χ0v) is 23.3. The Morgan fingerprint density at radius 2 is 1.76 bits per heavy atom. The molecule has 0 spiro atoms. The summed E-state index contributed by atoms with van der Waals surface area (Å²) in [4.78, 5) is 33.6. The molecule has 2 heterocycles. The van der Waals surface area contributed by atoms with Crippen LogP contribution in [0.1, 0.15) is 74.5 Å². The number of aromatic nitrogens is 2. The van der Waals surface area contributed by atoms with Gasteiger partial charge in [0.15, 0.2) is 0 Å². The molecule has 0 aliphatic heterocycles. The smallest absolute Gasteiger partial charge is 0.407 e. The van der Waals surface area contributed by atoms with Crippen LogP contribution in [0.25, 0.3) is 11.3 Å². The van der Waals surface area contributed by atoms with E-state index in [0.29, 0.717) is 12.1 Å². The SMILES string of the molecule is C[C@@H]1CC(NC(=O)OC(C)(C)C)CC(c2ccncc2NC(=O)c2ccc(F)c(-c3c(F)cc(CO)cc3F)n2)C1. The number of benzene rings is 1. The Morgan fingerprint density at radius 1 is 1.05 bits per heavy atom. The lowest BCUT2D eigenvalue weighted by atomic mass is 9.76. The van der Waals surface area contributed by atoms with Crippen molar-refractivity contribution in [1.29, 1.82) is 0 Å². The summed E-state index contributed by atoms with van der Waals surface area (Å²) >= 11 is 0. The van der Waals surface area contributed by atoms with Gasteiger partial charge in [0.1, 0.15) is 34.4 Å². The van der Waals surface area contributed by atoms with Gasteiger partial charge in [0.2, 0.25) is 0 Å². The molecule has 8 nitrogen and oxygen atoms in total. The first kappa shape index (κ1) is 30.0. The highest BCUT2D eigenvalue weighted by Crippen LogP contribution is 2.39. The van der Waals surface area contributed by atoms with Crippen LogP contribution in [0.5, 0.6) is 0 Å². The number of pyridine rings is 2. The number of halogens is 3. The predicted octanol–water partition coefficient (Wildman–Crippen LogP) is 6.10. The number of nitrogens with one attached hydrogen (secondary N) is 2. The molecular weight excluding hydrogens is 537 g/mol. The van der Waals surface area contributed by atoms with Crippen molar-refractivity contribution in [2.24, 2.45) is 5.92 Å². The number of alkyl carbamates (subject to hydrolysis) is 1. The van der Waals surface area contributed by atoms with Gasteiger partial charge in [-0.3, -0.25) is 9.78 Å². The molecule has 0 bridgehead atoms. The summed E-state index contributed by atoms with van der Waals surface area (Å²) in [6.45, 7) is 6.87. The van der Waals surface area contributed by atoms with Crippen molar-refractivity contribution >= 4 is 17.7 Å². The number of rotatable bonds is 6. The minimum Gasteiger partial charge on any atom is -0.444 e. The maximum absolute atomic E-state index is 14.6. The average Bonchev–Trinajstić information content (AvgIpc) is 2.88. The molecule has 1 saturated carbocycles. The first-order chi connectivity index (χ1) is 19.3. The topological polar surface area (TPSA) is 113 Å². The highest BCUT2D eigenvalue weighted by molar-refractivity contribution is 6.03. The van der Waals surface area contributed by atoms with Crippen LogP contribution in [-0.4, -0.2) is 38.7 Å². The van der Waals surface area contributed by atoms with E-state index in [1.165, 1.54) is 6.20 Å². The van der Waals surface area contributed by atoms with Gasteiger partial charge in [0, 0.05) is 12.2 Å². The summed E-state index contributed by atoms with van der Waals surface area (Å²) in [5.41, 5.74) is -1.11. The number of aliphatic hydroxyl groups excluding tert-OH is 1. The standard InChI is InChI=1S/C30H33F3N4O4/c1-16-9-18(13-19(10-16)35-29(40)41-30(2,3)4)20-7-8-34-14-25(20)37-28(39)24-6-5-21(31)27(36-24)26-22(32)11-17(15-38)12-23(26)33/h5-8,11-12,14,16,18-19,38H,9-10,13,15H2,1-4H3,(H,35,40)(H,37,39)/t16-,18?,19?/m0/s1. The molecule has 41 heavy (non-hydrogen) atoms. The largest absolute Gasteiger partial charge is 0.444 e. The number of anilines is 1. The minimum absolute atomic E-state index is 0.0253. The molecular formula is C30H33F3N4O4. The van der Waals surface area contributed by atoms with Crippen LogP contribution in [0.2, 0.25) is 0 Å². The second kappa shape index (κ2) is 12.3. The molecule has 11 heteroatoms. The van der Waals surface area contributed by atoms with Gasteiger partial charge in [-0.25, -0.2) is 22.9 Å². The summed E-state index contributed by atoms with van der Waals surface area (Å²) < 4.78 is 49.3. The van der Waals surface area contributed by atoms with Crippen LogP contribution < -0.4 is 10.6 Å². The molecule has 2 aromatic heterocycles. The third kappa shape index (κ3) is 7.40. The van der Waals surface area contributed by atoms with E-state index in [9.17, 15) is 27.9 Å². The van der Waals surface area contributed by atoms with Crippen molar-refractivity contribution in [2.75, 3.05) is 5.32 Å². The molecule has 4 rings (SSSR count). The fourth-order valence-electron chi connectivity index (χ4n) is 5.19. The highest BCUT2D eigenvalue weighted by atomic mass is 19.1. The van der Waals surface area contributed by atoms with E-state index in [1.807, 2.05) is 0 Å². The lowest BCUT2D eigenvalue weighted by molar-refractivity contribution is 0.0482. The lowest BCUT2D eigenvalue weighted by Crippen LogP contribution is -2.42. The number of hydrogen-bond acceptors (Lipinski definition) is 6. The Labute approximate surface area is 236 Å². The lowest BCUT2D eigenvalue weighted by Gasteiger charge is -2.35. The monoisotopic (exact) mass is 570 g/mol. The van der Waals surface area contributed by atoms with Crippen molar-refractivity contribution < 1.29 is 32.6 Å². The second-order valence-corrected chi connectivity index (χ2v) is 11.4. The van der Waals surface area contributed by atoms with E-state index in [0.717, 1.165) is 42.7 Å². The zero-order valence-electron chi connectivity index (χ0n) is 23.3. The second-order valence-electron chi connectivity index (χ2n) is 11.4.